The molecule has 0 aliphatic carbocycles. The summed E-state index contributed by atoms with van der Waals surface area (Å²) in [6, 6.07) is 24.7. The Labute approximate surface area is 139 Å². The minimum absolute atomic E-state index is 0.140. The first-order valence-corrected chi connectivity index (χ1v) is 7.71. The van der Waals surface area contributed by atoms with Gasteiger partial charge in [0.15, 0.2) is 0 Å². The summed E-state index contributed by atoms with van der Waals surface area (Å²) in [5, 5.41) is 2.89. The first-order chi connectivity index (χ1) is 11.8. The van der Waals surface area contributed by atoms with Crippen LogP contribution in [-0.2, 0) is 0 Å². The monoisotopic (exact) mass is 313 g/mol. The van der Waals surface area contributed by atoms with Crippen molar-refractivity contribution in [2.75, 3.05) is 5.32 Å². The second-order valence-electron chi connectivity index (χ2n) is 5.50. The van der Waals surface area contributed by atoms with E-state index in [1.54, 1.807) is 6.07 Å². The minimum Gasteiger partial charge on any atom is -0.338 e. The fraction of sp³-hybridized carbons (Fsp3) is 0. The van der Waals surface area contributed by atoms with Crippen molar-refractivity contribution >= 4 is 22.6 Å². The van der Waals surface area contributed by atoms with E-state index in [0.717, 1.165) is 28.1 Å². The molecule has 3 aromatic carbocycles. The molecule has 4 rings (SSSR count). The van der Waals surface area contributed by atoms with Crippen LogP contribution in [-0.4, -0.2) is 15.9 Å². The summed E-state index contributed by atoms with van der Waals surface area (Å²) in [4.78, 5) is 20.3. The first-order valence-electron chi connectivity index (χ1n) is 7.71. The molecule has 0 unspecified atom stereocenters. The Morgan fingerprint density at radius 2 is 1.67 bits per heavy atom. The molecule has 1 aromatic heterocycles. The van der Waals surface area contributed by atoms with Gasteiger partial charge in [-0.05, 0) is 36.4 Å². The fourth-order valence-corrected chi connectivity index (χ4v) is 2.62. The summed E-state index contributed by atoms with van der Waals surface area (Å²) in [6.07, 6.45) is 0. The maximum atomic E-state index is 12.4. The zero-order valence-corrected chi connectivity index (χ0v) is 12.9. The Bertz CT molecular complexity index is 973. The third-order valence-corrected chi connectivity index (χ3v) is 3.82. The number of rotatable bonds is 3. The van der Waals surface area contributed by atoms with Crippen LogP contribution >= 0.6 is 0 Å². The van der Waals surface area contributed by atoms with Crippen LogP contribution in [0.3, 0.4) is 0 Å². The van der Waals surface area contributed by atoms with Crippen molar-refractivity contribution in [2.24, 2.45) is 0 Å². The number of aromatic amines is 1. The first kappa shape index (κ1) is 14.2. The zero-order chi connectivity index (χ0) is 16.4. The molecule has 2 N–H and O–H groups in total. The van der Waals surface area contributed by atoms with Gasteiger partial charge in [0, 0.05) is 16.8 Å². The van der Waals surface area contributed by atoms with E-state index in [1.807, 2.05) is 72.8 Å². The molecule has 4 nitrogen and oxygen atoms in total. The lowest BCUT2D eigenvalue weighted by molar-refractivity contribution is 0.102. The molecular formula is C20H15N3O. The van der Waals surface area contributed by atoms with Crippen molar-refractivity contribution in [3.05, 3.63) is 84.4 Å². The number of anilines is 1. The van der Waals surface area contributed by atoms with Gasteiger partial charge in [0.05, 0.1) is 11.0 Å². The highest BCUT2D eigenvalue weighted by atomic mass is 16.1. The number of carbonyl (C=O) groups is 1. The average Bonchev–Trinajstić information content (AvgIpc) is 3.07. The van der Waals surface area contributed by atoms with E-state index in [9.17, 15) is 4.79 Å². The highest BCUT2D eigenvalue weighted by molar-refractivity contribution is 6.04. The van der Waals surface area contributed by atoms with Crippen LogP contribution in [0.1, 0.15) is 10.4 Å². The summed E-state index contributed by atoms with van der Waals surface area (Å²) in [5.74, 6) is 0.615. The topological polar surface area (TPSA) is 57.8 Å². The van der Waals surface area contributed by atoms with Crippen LogP contribution in [0.4, 0.5) is 5.69 Å². The fourth-order valence-electron chi connectivity index (χ4n) is 2.62. The Hall–Kier alpha value is -3.40. The van der Waals surface area contributed by atoms with Crippen LogP contribution in [0.15, 0.2) is 78.9 Å². The van der Waals surface area contributed by atoms with Gasteiger partial charge in [0.1, 0.15) is 5.82 Å². The molecule has 0 spiro atoms. The lowest BCUT2D eigenvalue weighted by Crippen LogP contribution is -2.11. The molecular weight excluding hydrogens is 298 g/mol. The van der Waals surface area contributed by atoms with Gasteiger partial charge >= 0.3 is 0 Å². The van der Waals surface area contributed by atoms with Crippen molar-refractivity contribution in [2.45, 2.75) is 0 Å². The van der Waals surface area contributed by atoms with Crippen LogP contribution < -0.4 is 5.32 Å². The van der Waals surface area contributed by atoms with E-state index in [-0.39, 0.29) is 5.91 Å². The Kier molecular flexibility index (Phi) is 3.56. The van der Waals surface area contributed by atoms with E-state index in [1.165, 1.54) is 0 Å². The van der Waals surface area contributed by atoms with Gasteiger partial charge in [-0.25, -0.2) is 4.98 Å². The summed E-state index contributed by atoms with van der Waals surface area (Å²) in [6.45, 7) is 0. The number of nitrogens with zero attached hydrogens (tertiary/aromatic N) is 1. The maximum absolute atomic E-state index is 12.4. The van der Waals surface area contributed by atoms with Crippen molar-refractivity contribution < 1.29 is 4.79 Å². The third-order valence-electron chi connectivity index (χ3n) is 3.82. The van der Waals surface area contributed by atoms with Crippen molar-refractivity contribution in [3.63, 3.8) is 0 Å². The molecule has 0 atom stereocenters. The summed E-state index contributed by atoms with van der Waals surface area (Å²) in [7, 11) is 0. The number of para-hydroxylation sites is 3. The number of imidazole rings is 1. The SMILES string of the molecule is O=C(Nc1ccccc1)c1cccc(-c2nc3ccccc3[nH]2)c1. The molecule has 0 saturated carbocycles. The lowest BCUT2D eigenvalue weighted by Gasteiger charge is -2.06. The number of hydrogen-bond acceptors (Lipinski definition) is 2. The molecule has 4 heteroatoms. The van der Waals surface area contributed by atoms with E-state index in [2.05, 4.69) is 15.3 Å². The van der Waals surface area contributed by atoms with Gasteiger partial charge in [-0.2, -0.15) is 0 Å². The summed E-state index contributed by atoms with van der Waals surface area (Å²) in [5.41, 5.74) is 4.14. The Morgan fingerprint density at radius 1 is 0.875 bits per heavy atom. The van der Waals surface area contributed by atoms with Crippen LogP contribution in [0.25, 0.3) is 22.4 Å². The smallest absolute Gasteiger partial charge is 0.255 e. The minimum atomic E-state index is -0.140. The highest BCUT2D eigenvalue weighted by Crippen LogP contribution is 2.21. The number of fused-ring (bicyclic) bond motifs is 1. The van der Waals surface area contributed by atoms with Crippen LogP contribution in [0.2, 0.25) is 0 Å². The predicted molar refractivity (Wildman–Crippen MR) is 95.9 cm³/mol. The molecule has 0 aliphatic heterocycles. The third kappa shape index (κ3) is 2.77. The number of amides is 1. The molecule has 116 valence electrons. The highest BCUT2D eigenvalue weighted by Gasteiger charge is 2.10. The number of H-pyrrole nitrogens is 1. The predicted octanol–water partition coefficient (Wildman–Crippen LogP) is 4.48. The second-order valence-corrected chi connectivity index (χ2v) is 5.50. The molecule has 4 aromatic rings. The number of benzene rings is 3. The van der Waals surface area contributed by atoms with Gasteiger partial charge in [0.2, 0.25) is 0 Å². The van der Waals surface area contributed by atoms with E-state index < -0.39 is 0 Å². The zero-order valence-electron chi connectivity index (χ0n) is 12.9. The molecule has 1 heterocycles. The van der Waals surface area contributed by atoms with Crippen molar-refractivity contribution in [1.29, 1.82) is 0 Å². The normalized spacial score (nSPS) is 10.7. The van der Waals surface area contributed by atoms with E-state index in [0.29, 0.717) is 5.56 Å². The molecule has 0 bridgehead atoms. The quantitative estimate of drug-likeness (QED) is 0.586. The number of carbonyl (C=O) groups excluding carboxylic acids is 1. The van der Waals surface area contributed by atoms with Crippen LogP contribution in [0.5, 0.6) is 0 Å². The lowest BCUT2D eigenvalue weighted by atomic mass is 10.1. The number of hydrogen-bond donors (Lipinski definition) is 2. The summed E-state index contributed by atoms with van der Waals surface area (Å²) < 4.78 is 0. The van der Waals surface area contributed by atoms with Gasteiger partial charge < -0.3 is 10.3 Å². The molecule has 1 amide bonds. The van der Waals surface area contributed by atoms with Gasteiger partial charge in [0.25, 0.3) is 5.91 Å². The number of aromatic nitrogens is 2. The average molecular weight is 313 g/mol. The standard InChI is InChI=1S/C20H15N3O/c24-20(21-16-9-2-1-3-10-16)15-8-6-7-14(13-15)19-22-17-11-4-5-12-18(17)23-19/h1-13H,(H,21,24)(H,22,23). The number of nitrogens with one attached hydrogen (secondary N) is 2. The van der Waals surface area contributed by atoms with Crippen LogP contribution in [0, 0.1) is 0 Å². The summed E-state index contributed by atoms with van der Waals surface area (Å²) >= 11 is 0. The van der Waals surface area contributed by atoms with Gasteiger partial charge in [-0.15, -0.1) is 0 Å². The largest absolute Gasteiger partial charge is 0.338 e. The molecule has 0 aliphatic rings. The molecule has 0 radical (unpaired) electrons. The Morgan fingerprint density at radius 3 is 2.50 bits per heavy atom. The van der Waals surface area contributed by atoms with E-state index in [4.69, 9.17) is 0 Å². The second kappa shape index (κ2) is 6.01. The Balaban J connectivity index is 1.64. The van der Waals surface area contributed by atoms with Crippen molar-refractivity contribution in [3.8, 4) is 11.4 Å². The molecule has 0 fully saturated rings. The van der Waals surface area contributed by atoms with Crippen molar-refractivity contribution in [1.82, 2.24) is 9.97 Å². The molecule has 24 heavy (non-hydrogen) atoms. The van der Waals surface area contributed by atoms with E-state index >= 15 is 0 Å². The van der Waals surface area contributed by atoms with Gasteiger partial charge in [-0.3, -0.25) is 4.79 Å². The maximum Gasteiger partial charge on any atom is 0.255 e. The molecule has 0 saturated heterocycles. The van der Waals surface area contributed by atoms with Gasteiger partial charge in [-0.1, -0.05) is 42.5 Å².